The van der Waals surface area contributed by atoms with Gasteiger partial charge >= 0.3 is 0 Å². The molecule has 0 bridgehead atoms. The van der Waals surface area contributed by atoms with Crippen LogP contribution in [-0.2, 0) is 0 Å². The summed E-state index contributed by atoms with van der Waals surface area (Å²) in [5, 5.41) is 13.3. The van der Waals surface area contributed by atoms with Crippen LogP contribution in [0.15, 0.2) is 18.2 Å². The highest BCUT2D eigenvalue weighted by molar-refractivity contribution is 5.57. The van der Waals surface area contributed by atoms with Crippen LogP contribution in [-0.4, -0.2) is 25.3 Å². The molecule has 1 aromatic carbocycles. The summed E-state index contributed by atoms with van der Waals surface area (Å²) < 4.78 is 5.13. The van der Waals surface area contributed by atoms with E-state index in [0.29, 0.717) is 6.54 Å². The molecule has 4 nitrogen and oxygen atoms in total. The topological polar surface area (TPSA) is 67.5 Å². The maximum atomic E-state index is 10.1. The highest BCUT2D eigenvalue weighted by Crippen LogP contribution is 2.35. The summed E-state index contributed by atoms with van der Waals surface area (Å²) in [5.41, 5.74) is 7.43. The van der Waals surface area contributed by atoms with Gasteiger partial charge in [-0.25, -0.2) is 0 Å². The summed E-state index contributed by atoms with van der Waals surface area (Å²) in [7, 11) is 1.62. The molecule has 0 fully saturated rings. The number of nitrogens with two attached hydrogens (primary N) is 1. The van der Waals surface area contributed by atoms with Gasteiger partial charge in [-0.3, -0.25) is 0 Å². The van der Waals surface area contributed by atoms with E-state index in [1.54, 1.807) is 7.11 Å². The Morgan fingerprint density at radius 3 is 3.07 bits per heavy atom. The van der Waals surface area contributed by atoms with E-state index in [0.717, 1.165) is 23.5 Å². The second-order valence-electron chi connectivity index (χ2n) is 3.77. The molecule has 2 atom stereocenters. The molecule has 2 rings (SSSR count). The smallest absolute Gasteiger partial charge is 0.119 e. The van der Waals surface area contributed by atoms with Crippen molar-refractivity contribution in [2.75, 3.05) is 25.5 Å². The first-order valence-electron chi connectivity index (χ1n) is 5.06. The van der Waals surface area contributed by atoms with Gasteiger partial charge in [0.05, 0.1) is 13.2 Å². The van der Waals surface area contributed by atoms with Gasteiger partial charge in [0, 0.05) is 23.7 Å². The van der Waals surface area contributed by atoms with Crippen LogP contribution < -0.4 is 15.8 Å². The molecule has 1 aliphatic heterocycles. The fourth-order valence-corrected chi connectivity index (χ4v) is 1.89. The number of hydrogen-bond donors (Lipinski definition) is 3. The monoisotopic (exact) mass is 208 g/mol. The molecule has 1 aromatic rings. The first-order valence-corrected chi connectivity index (χ1v) is 5.06. The molecule has 4 N–H and O–H groups in total. The van der Waals surface area contributed by atoms with Crippen molar-refractivity contribution in [3.05, 3.63) is 23.8 Å². The van der Waals surface area contributed by atoms with E-state index in [4.69, 9.17) is 10.5 Å². The molecule has 0 unspecified atom stereocenters. The Labute approximate surface area is 89.0 Å². The summed E-state index contributed by atoms with van der Waals surface area (Å²) in [4.78, 5) is 0. The summed E-state index contributed by atoms with van der Waals surface area (Å²) >= 11 is 0. The van der Waals surface area contributed by atoms with Crippen molar-refractivity contribution >= 4 is 5.69 Å². The Hall–Kier alpha value is -1.26. The number of anilines is 1. The van der Waals surface area contributed by atoms with Crippen LogP contribution in [0.1, 0.15) is 11.7 Å². The van der Waals surface area contributed by atoms with E-state index >= 15 is 0 Å². The molecule has 1 heterocycles. The van der Waals surface area contributed by atoms with Crippen LogP contribution in [0.3, 0.4) is 0 Å². The molecule has 0 saturated carbocycles. The van der Waals surface area contributed by atoms with Crippen LogP contribution >= 0.6 is 0 Å². The molecule has 0 radical (unpaired) electrons. The van der Waals surface area contributed by atoms with E-state index in [9.17, 15) is 5.11 Å². The number of aliphatic hydroxyl groups excluding tert-OH is 1. The summed E-state index contributed by atoms with van der Waals surface area (Å²) in [6.45, 7) is 1.20. The van der Waals surface area contributed by atoms with Crippen LogP contribution in [0.5, 0.6) is 5.75 Å². The molecular formula is C11H16N2O2. The summed E-state index contributed by atoms with van der Waals surface area (Å²) in [5.74, 6) is 0.830. The Balaban J connectivity index is 2.35. The third kappa shape index (κ3) is 1.78. The number of benzene rings is 1. The Kier molecular flexibility index (Phi) is 2.79. The van der Waals surface area contributed by atoms with Crippen molar-refractivity contribution < 1.29 is 9.84 Å². The van der Waals surface area contributed by atoms with Crippen molar-refractivity contribution in [1.82, 2.24) is 0 Å². The van der Waals surface area contributed by atoms with Gasteiger partial charge in [-0.15, -0.1) is 0 Å². The highest BCUT2D eigenvalue weighted by atomic mass is 16.5. The van der Waals surface area contributed by atoms with Gasteiger partial charge in [0.1, 0.15) is 5.75 Å². The van der Waals surface area contributed by atoms with E-state index < -0.39 is 6.10 Å². The first-order chi connectivity index (χ1) is 7.26. The minimum Gasteiger partial charge on any atom is -0.497 e. The lowest BCUT2D eigenvalue weighted by molar-refractivity contribution is 0.114. The number of ether oxygens (including phenoxy) is 1. The number of rotatable bonds is 2. The molecule has 1 aliphatic rings. The van der Waals surface area contributed by atoms with Crippen LogP contribution in [0.4, 0.5) is 5.69 Å². The van der Waals surface area contributed by atoms with Gasteiger partial charge in [-0.1, -0.05) is 0 Å². The van der Waals surface area contributed by atoms with Gasteiger partial charge in [-0.2, -0.15) is 0 Å². The minimum atomic E-state index is -0.499. The molecule has 0 amide bonds. The molecule has 0 aromatic heterocycles. The van der Waals surface area contributed by atoms with Crippen molar-refractivity contribution in [2.24, 2.45) is 11.7 Å². The zero-order valence-electron chi connectivity index (χ0n) is 8.73. The third-order valence-electron chi connectivity index (χ3n) is 2.88. The van der Waals surface area contributed by atoms with Crippen molar-refractivity contribution in [3.63, 3.8) is 0 Å². The molecule has 4 heteroatoms. The average Bonchev–Trinajstić information content (AvgIpc) is 2.29. The Morgan fingerprint density at radius 1 is 1.60 bits per heavy atom. The zero-order chi connectivity index (χ0) is 10.8. The largest absolute Gasteiger partial charge is 0.497 e. The second-order valence-corrected chi connectivity index (χ2v) is 3.77. The normalized spacial score (nSPS) is 24.2. The maximum absolute atomic E-state index is 10.1. The number of methoxy groups -OCH3 is 1. The average molecular weight is 208 g/mol. The number of fused-ring (bicyclic) bond motifs is 1. The quantitative estimate of drug-likeness (QED) is 0.670. The molecule has 82 valence electrons. The SMILES string of the molecule is COc1ccc2c(c1)[C@@H](O)[C@@H](CN)CN2. The Bertz CT molecular complexity index is 354. The van der Waals surface area contributed by atoms with Crippen molar-refractivity contribution in [1.29, 1.82) is 0 Å². The maximum Gasteiger partial charge on any atom is 0.119 e. The summed E-state index contributed by atoms with van der Waals surface area (Å²) in [6, 6.07) is 5.65. The van der Waals surface area contributed by atoms with Gasteiger partial charge < -0.3 is 20.9 Å². The predicted molar refractivity (Wildman–Crippen MR) is 59.0 cm³/mol. The lowest BCUT2D eigenvalue weighted by atomic mass is 9.91. The van der Waals surface area contributed by atoms with E-state index in [1.807, 2.05) is 18.2 Å². The van der Waals surface area contributed by atoms with E-state index in [1.165, 1.54) is 0 Å². The third-order valence-corrected chi connectivity index (χ3v) is 2.88. The Morgan fingerprint density at radius 2 is 2.40 bits per heavy atom. The van der Waals surface area contributed by atoms with Crippen molar-refractivity contribution in [2.45, 2.75) is 6.10 Å². The van der Waals surface area contributed by atoms with Crippen molar-refractivity contribution in [3.8, 4) is 5.75 Å². The predicted octanol–water partition coefficient (Wildman–Crippen LogP) is 0.729. The lowest BCUT2D eigenvalue weighted by Gasteiger charge is -2.30. The fourth-order valence-electron chi connectivity index (χ4n) is 1.89. The van der Waals surface area contributed by atoms with Gasteiger partial charge in [0.25, 0.3) is 0 Å². The van der Waals surface area contributed by atoms with Crippen LogP contribution in [0.25, 0.3) is 0 Å². The van der Waals surface area contributed by atoms with Gasteiger partial charge in [0.15, 0.2) is 0 Å². The molecule has 15 heavy (non-hydrogen) atoms. The van der Waals surface area contributed by atoms with E-state index in [-0.39, 0.29) is 5.92 Å². The summed E-state index contributed by atoms with van der Waals surface area (Å²) in [6.07, 6.45) is -0.499. The lowest BCUT2D eigenvalue weighted by Crippen LogP contribution is -2.33. The standard InChI is InChI=1S/C11H16N2O2/c1-15-8-2-3-10-9(4-8)11(14)7(5-12)6-13-10/h2-4,7,11,13-14H,5-6,12H2,1H3/t7-,11-/m0/s1. The van der Waals surface area contributed by atoms with Crippen LogP contribution in [0.2, 0.25) is 0 Å². The zero-order valence-corrected chi connectivity index (χ0v) is 8.73. The fraction of sp³-hybridized carbons (Fsp3) is 0.455. The minimum absolute atomic E-state index is 0.0737. The molecule has 0 spiro atoms. The van der Waals surface area contributed by atoms with Gasteiger partial charge in [0.2, 0.25) is 0 Å². The van der Waals surface area contributed by atoms with Gasteiger partial charge in [-0.05, 0) is 24.7 Å². The van der Waals surface area contributed by atoms with Crippen LogP contribution in [0, 0.1) is 5.92 Å². The molecule has 0 saturated heterocycles. The second kappa shape index (κ2) is 4.08. The highest BCUT2D eigenvalue weighted by Gasteiger charge is 2.26. The molecule has 0 aliphatic carbocycles. The van der Waals surface area contributed by atoms with E-state index in [2.05, 4.69) is 5.32 Å². The first kappa shape index (κ1) is 10.3. The molecular weight excluding hydrogens is 192 g/mol. The number of aliphatic hydroxyl groups is 1. The number of hydrogen-bond acceptors (Lipinski definition) is 4. The number of nitrogens with one attached hydrogen (secondary N) is 1.